The van der Waals surface area contributed by atoms with E-state index in [9.17, 15) is 15.0 Å². The monoisotopic (exact) mass is 222 g/mol. The van der Waals surface area contributed by atoms with Crippen LogP contribution in [0.25, 0.3) is 11.0 Å². The largest absolute Gasteiger partial charge is 0.479 e. The van der Waals surface area contributed by atoms with Crippen molar-refractivity contribution in [3.63, 3.8) is 0 Å². The number of carboxylic acids is 1. The van der Waals surface area contributed by atoms with Gasteiger partial charge in [0, 0.05) is 5.56 Å². The highest BCUT2D eigenvalue weighted by molar-refractivity contribution is 5.83. The lowest BCUT2D eigenvalue weighted by molar-refractivity contribution is -0.147. The van der Waals surface area contributed by atoms with E-state index in [1.807, 2.05) is 0 Å². The second kappa shape index (κ2) is 3.92. The number of nitrogens with one attached hydrogen (secondary N) is 1. The zero-order chi connectivity index (χ0) is 11.7. The average Bonchev–Trinajstić information content (AvgIpc) is 2.74. The predicted molar refractivity (Wildman–Crippen MR) is 54.6 cm³/mol. The van der Waals surface area contributed by atoms with Gasteiger partial charge in [0.25, 0.3) is 0 Å². The Morgan fingerprint density at radius 1 is 1.50 bits per heavy atom. The molecular weight excluding hydrogens is 212 g/mol. The number of aromatic amines is 1. The molecule has 16 heavy (non-hydrogen) atoms. The molecule has 84 valence electrons. The first-order valence-electron chi connectivity index (χ1n) is 4.61. The summed E-state index contributed by atoms with van der Waals surface area (Å²) in [5.74, 6) is -1.36. The summed E-state index contributed by atoms with van der Waals surface area (Å²) in [4.78, 5) is 17.5. The van der Waals surface area contributed by atoms with Crippen LogP contribution in [0.4, 0.5) is 0 Å². The summed E-state index contributed by atoms with van der Waals surface area (Å²) in [6, 6.07) is 3.08. The topological polar surface area (TPSA) is 106 Å². The van der Waals surface area contributed by atoms with E-state index in [0.717, 1.165) is 0 Å². The van der Waals surface area contributed by atoms with Gasteiger partial charge in [0.15, 0.2) is 6.10 Å². The van der Waals surface area contributed by atoms with Gasteiger partial charge in [-0.15, -0.1) is 0 Å². The molecule has 0 fully saturated rings. The standard InChI is InChI=1S/C10H10N2O4/c13-3-6-5(9(14)10(15)16)1-2-7-8(6)12-4-11-7/h1-2,4,9,13-14H,3H2,(H,11,12)(H,15,16). The summed E-state index contributed by atoms with van der Waals surface area (Å²) in [7, 11) is 0. The molecule has 2 rings (SSSR count). The number of aliphatic hydroxyl groups is 2. The van der Waals surface area contributed by atoms with Gasteiger partial charge in [0.05, 0.1) is 24.0 Å². The molecule has 0 bridgehead atoms. The van der Waals surface area contributed by atoms with Crippen LogP contribution < -0.4 is 0 Å². The minimum atomic E-state index is -1.65. The van der Waals surface area contributed by atoms with E-state index in [1.165, 1.54) is 12.4 Å². The Morgan fingerprint density at radius 2 is 2.25 bits per heavy atom. The van der Waals surface area contributed by atoms with Crippen molar-refractivity contribution in [3.8, 4) is 0 Å². The van der Waals surface area contributed by atoms with Crippen LogP contribution in [-0.4, -0.2) is 31.3 Å². The van der Waals surface area contributed by atoms with Gasteiger partial charge < -0.3 is 20.3 Å². The van der Waals surface area contributed by atoms with Crippen molar-refractivity contribution < 1.29 is 20.1 Å². The molecule has 0 spiro atoms. The van der Waals surface area contributed by atoms with Crippen LogP contribution in [0.3, 0.4) is 0 Å². The number of nitrogens with zero attached hydrogens (tertiary/aromatic N) is 1. The van der Waals surface area contributed by atoms with Crippen molar-refractivity contribution in [1.29, 1.82) is 0 Å². The Morgan fingerprint density at radius 3 is 2.88 bits per heavy atom. The highest BCUT2D eigenvalue weighted by Gasteiger charge is 2.21. The summed E-state index contributed by atoms with van der Waals surface area (Å²) in [6.07, 6.45) is -0.205. The molecule has 6 heteroatoms. The van der Waals surface area contributed by atoms with Crippen LogP contribution in [0.1, 0.15) is 17.2 Å². The van der Waals surface area contributed by atoms with E-state index in [2.05, 4.69) is 9.97 Å². The van der Waals surface area contributed by atoms with E-state index in [-0.39, 0.29) is 12.2 Å². The van der Waals surface area contributed by atoms with E-state index in [1.54, 1.807) is 6.07 Å². The molecule has 1 heterocycles. The third-order valence-corrected chi connectivity index (χ3v) is 2.42. The highest BCUT2D eigenvalue weighted by atomic mass is 16.4. The summed E-state index contributed by atoms with van der Waals surface area (Å²) in [5.41, 5.74) is 1.65. The number of aliphatic hydroxyl groups excluding tert-OH is 2. The number of hydrogen-bond acceptors (Lipinski definition) is 4. The zero-order valence-corrected chi connectivity index (χ0v) is 8.21. The summed E-state index contributed by atoms with van der Waals surface area (Å²) >= 11 is 0. The van der Waals surface area contributed by atoms with Crippen molar-refractivity contribution >= 4 is 17.0 Å². The maximum atomic E-state index is 10.7. The fourth-order valence-electron chi connectivity index (χ4n) is 1.64. The molecule has 2 aromatic rings. The number of aromatic nitrogens is 2. The fourth-order valence-corrected chi connectivity index (χ4v) is 1.64. The fraction of sp³-hybridized carbons (Fsp3) is 0.200. The van der Waals surface area contributed by atoms with Gasteiger partial charge >= 0.3 is 5.97 Å². The maximum absolute atomic E-state index is 10.7. The van der Waals surface area contributed by atoms with Crippen LogP contribution in [0.15, 0.2) is 18.5 Å². The van der Waals surface area contributed by atoms with Crippen molar-refractivity contribution in [3.05, 3.63) is 29.6 Å². The lowest BCUT2D eigenvalue weighted by atomic mass is 10.0. The minimum absolute atomic E-state index is 0.162. The number of imidazole rings is 1. The third kappa shape index (κ3) is 1.54. The van der Waals surface area contributed by atoms with Gasteiger partial charge in [0.1, 0.15) is 0 Å². The first-order valence-corrected chi connectivity index (χ1v) is 4.61. The molecule has 0 aliphatic carbocycles. The van der Waals surface area contributed by atoms with Crippen LogP contribution in [0.5, 0.6) is 0 Å². The van der Waals surface area contributed by atoms with Crippen molar-refractivity contribution in [1.82, 2.24) is 9.97 Å². The summed E-state index contributed by atoms with van der Waals surface area (Å²) in [6.45, 7) is -0.373. The molecule has 6 nitrogen and oxygen atoms in total. The quantitative estimate of drug-likeness (QED) is 0.592. The van der Waals surface area contributed by atoms with E-state index in [0.29, 0.717) is 16.6 Å². The van der Waals surface area contributed by atoms with Gasteiger partial charge in [-0.25, -0.2) is 9.78 Å². The number of aliphatic carboxylic acids is 1. The Hall–Kier alpha value is -1.92. The van der Waals surface area contributed by atoms with Crippen LogP contribution in [0, 0.1) is 0 Å². The smallest absolute Gasteiger partial charge is 0.337 e. The molecule has 1 atom stereocenters. The molecule has 0 saturated carbocycles. The molecular formula is C10H10N2O4. The first kappa shape index (κ1) is 10.6. The Bertz CT molecular complexity index is 535. The third-order valence-electron chi connectivity index (χ3n) is 2.42. The number of carbonyl (C=O) groups is 1. The zero-order valence-electron chi connectivity index (χ0n) is 8.21. The second-order valence-electron chi connectivity index (χ2n) is 3.33. The highest BCUT2D eigenvalue weighted by Crippen LogP contribution is 2.25. The van der Waals surface area contributed by atoms with Gasteiger partial charge in [0.2, 0.25) is 0 Å². The molecule has 1 aromatic heterocycles. The van der Waals surface area contributed by atoms with Crippen molar-refractivity contribution in [2.75, 3.05) is 0 Å². The number of hydrogen-bond donors (Lipinski definition) is 4. The number of fused-ring (bicyclic) bond motifs is 1. The summed E-state index contributed by atoms with van der Waals surface area (Å²) in [5, 5.41) is 27.4. The maximum Gasteiger partial charge on any atom is 0.337 e. The molecule has 1 unspecified atom stereocenters. The normalized spacial score (nSPS) is 12.9. The lowest BCUT2D eigenvalue weighted by Crippen LogP contribution is -2.13. The van der Waals surface area contributed by atoms with Crippen LogP contribution in [0.2, 0.25) is 0 Å². The van der Waals surface area contributed by atoms with Crippen LogP contribution in [-0.2, 0) is 11.4 Å². The molecule has 0 saturated heterocycles. The molecule has 0 aliphatic heterocycles. The SMILES string of the molecule is O=C(O)C(O)c1ccc2[nH]cnc2c1CO. The average molecular weight is 222 g/mol. The Balaban J connectivity index is 2.64. The van der Waals surface area contributed by atoms with Crippen molar-refractivity contribution in [2.45, 2.75) is 12.7 Å². The number of benzene rings is 1. The molecule has 0 radical (unpaired) electrons. The Kier molecular flexibility index (Phi) is 2.59. The number of rotatable bonds is 3. The van der Waals surface area contributed by atoms with Crippen molar-refractivity contribution in [2.24, 2.45) is 0 Å². The van der Waals surface area contributed by atoms with Gasteiger partial charge in [-0.2, -0.15) is 0 Å². The van der Waals surface area contributed by atoms with Crippen LogP contribution >= 0.6 is 0 Å². The number of H-pyrrole nitrogens is 1. The van der Waals surface area contributed by atoms with E-state index >= 15 is 0 Å². The van der Waals surface area contributed by atoms with Gasteiger partial charge in [-0.05, 0) is 11.6 Å². The molecule has 0 aliphatic rings. The first-order chi connectivity index (χ1) is 7.65. The predicted octanol–water partition coefficient (Wildman–Crippen LogP) is 0.173. The molecule has 1 aromatic carbocycles. The summed E-state index contributed by atoms with van der Waals surface area (Å²) < 4.78 is 0. The van der Waals surface area contributed by atoms with E-state index in [4.69, 9.17) is 5.11 Å². The lowest BCUT2D eigenvalue weighted by Gasteiger charge is -2.10. The second-order valence-corrected chi connectivity index (χ2v) is 3.33. The van der Waals surface area contributed by atoms with Gasteiger partial charge in [-0.3, -0.25) is 0 Å². The van der Waals surface area contributed by atoms with E-state index < -0.39 is 12.1 Å². The molecule has 4 N–H and O–H groups in total. The van der Waals surface area contributed by atoms with Gasteiger partial charge in [-0.1, -0.05) is 6.07 Å². The minimum Gasteiger partial charge on any atom is -0.479 e. The number of carboxylic acid groups (broad SMARTS) is 1. The Labute approximate surface area is 90.2 Å². The molecule has 0 amide bonds.